The second-order valence-electron chi connectivity index (χ2n) is 7.30. The van der Waals surface area contributed by atoms with Gasteiger partial charge >= 0.3 is 5.97 Å². The predicted octanol–water partition coefficient (Wildman–Crippen LogP) is 3.16. The van der Waals surface area contributed by atoms with Gasteiger partial charge in [0.05, 0.1) is 40.4 Å². The number of hydrogen-bond donors (Lipinski definition) is 1. The lowest BCUT2D eigenvalue weighted by atomic mass is 10.1. The highest BCUT2D eigenvalue weighted by Crippen LogP contribution is 2.29. The maximum atomic E-state index is 12.8. The average molecular weight is 466 g/mol. The number of aromatic nitrogens is 2. The van der Waals surface area contributed by atoms with Crippen LogP contribution < -0.4 is 10.1 Å². The Morgan fingerprint density at radius 1 is 1.12 bits per heavy atom. The molecule has 3 aromatic rings. The number of aryl methyl sites for hydroxylation is 1. The van der Waals surface area contributed by atoms with Gasteiger partial charge in [0, 0.05) is 12.1 Å². The Hall–Kier alpha value is -4.54. The summed E-state index contributed by atoms with van der Waals surface area (Å²) in [5.41, 5.74) is 1.34. The summed E-state index contributed by atoms with van der Waals surface area (Å²) in [6.45, 7) is 4.52. The molecule has 0 radical (unpaired) electrons. The number of amides is 1. The highest BCUT2D eigenvalue weighted by molar-refractivity contribution is 6.41. The number of ketones is 1. The van der Waals surface area contributed by atoms with E-state index in [0.29, 0.717) is 17.1 Å². The zero-order chi connectivity index (χ0) is 25.0. The molecule has 1 atom stereocenters. The number of para-hydroxylation sites is 1. The molecule has 1 N–H and O–H groups in total. The first-order chi connectivity index (χ1) is 16.1. The van der Waals surface area contributed by atoms with Crippen LogP contribution >= 0.6 is 0 Å². The van der Waals surface area contributed by atoms with Gasteiger partial charge in [0.15, 0.2) is 6.10 Å². The van der Waals surface area contributed by atoms with Crippen molar-refractivity contribution < 1.29 is 28.8 Å². The second kappa shape index (κ2) is 9.94. The summed E-state index contributed by atoms with van der Waals surface area (Å²) in [5.74, 6) is -2.79. The Kier molecular flexibility index (Phi) is 7.05. The fraction of sp³-hybridized carbons (Fsp3) is 0.217. The SMILES string of the molecule is COc1ccc([N+](=O)[O-])cc1NC(=O)C(C)OC(=O)C(=O)c1c(C)nn(-c2ccccc2)c1C. The summed E-state index contributed by atoms with van der Waals surface area (Å²) in [5, 5.41) is 17.8. The van der Waals surface area contributed by atoms with Crippen LogP contribution in [0.5, 0.6) is 5.75 Å². The van der Waals surface area contributed by atoms with E-state index in [4.69, 9.17) is 9.47 Å². The van der Waals surface area contributed by atoms with Crippen LogP contribution in [0.2, 0.25) is 0 Å². The third kappa shape index (κ3) is 4.93. The number of Topliss-reactive ketones (excluding diaryl/α,β-unsaturated/α-hetero) is 1. The third-order valence-electron chi connectivity index (χ3n) is 5.01. The standard InChI is InChI=1S/C23H22N4O7/c1-13-20(14(2)26(25-13)16-8-6-5-7-9-16)21(28)23(30)34-15(3)22(29)24-18-12-17(27(31)32)10-11-19(18)33-4/h5-12,15H,1-4H3,(H,24,29). The summed E-state index contributed by atoms with van der Waals surface area (Å²) in [7, 11) is 1.33. The van der Waals surface area contributed by atoms with Gasteiger partial charge in [-0.3, -0.25) is 19.7 Å². The van der Waals surface area contributed by atoms with Crippen LogP contribution in [0.1, 0.15) is 28.7 Å². The fourth-order valence-corrected chi connectivity index (χ4v) is 3.30. The number of carbonyl (C=O) groups excluding carboxylic acids is 3. The second-order valence-corrected chi connectivity index (χ2v) is 7.30. The highest BCUT2D eigenvalue weighted by atomic mass is 16.6. The number of benzene rings is 2. The van der Waals surface area contributed by atoms with E-state index < -0.39 is 28.7 Å². The summed E-state index contributed by atoms with van der Waals surface area (Å²) in [6, 6.07) is 12.7. The van der Waals surface area contributed by atoms with E-state index in [2.05, 4.69) is 10.4 Å². The molecule has 0 spiro atoms. The van der Waals surface area contributed by atoms with Crippen molar-refractivity contribution in [3.63, 3.8) is 0 Å². The van der Waals surface area contributed by atoms with Crippen molar-refractivity contribution in [3.8, 4) is 11.4 Å². The van der Waals surface area contributed by atoms with Crippen molar-refractivity contribution in [3.05, 3.63) is 75.6 Å². The molecular weight excluding hydrogens is 444 g/mol. The summed E-state index contributed by atoms with van der Waals surface area (Å²) in [6.07, 6.45) is -1.37. The Bertz CT molecular complexity index is 1270. The van der Waals surface area contributed by atoms with Crippen LogP contribution in [0.25, 0.3) is 5.69 Å². The number of ether oxygens (including phenoxy) is 2. The molecule has 1 heterocycles. The van der Waals surface area contributed by atoms with E-state index in [0.717, 1.165) is 6.07 Å². The lowest BCUT2D eigenvalue weighted by Gasteiger charge is -2.15. The quantitative estimate of drug-likeness (QED) is 0.175. The van der Waals surface area contributed by atoms with Crippen LogP contribution in [-0.4, -0.2) is 45.6 Å². The Morgan fingerprint density at radius 3 is 2.41 bits per heavy atom. The van der Waals surface area contributed by atoms with Gasteiger partial charge in [-0.25, -0.2) is 9.48 Å². The minimum Gasteiger partial charge on any atom is -0.495 e. The van der Waals surface area contributed by atoms with Gasteiger partial charge in [-0.2, -0.15) is 5.10 Å². The number of rotatable bonds is 8. The first kappa shape index (κ1) is 24.1. The number of non-ortho nitro benzene ring substituents is 1. The van der Waals surface area contributed by atoms with Gasteiger partial charge in [0.2, 0.25) is 0 Å². The predicted molar refractivity (Wildman–Crippen MR) is 121 cm³/mol. The smallest absolute Gasteiger partial charge is 0.380 e. The van der Waals surface area contributed by atoms with Gasteiger partial charge in [-0.05, 0) is 39.0 Å². The van der Waals surface area contributed by atoms with Crippen molar-refractivity contribution in [2.75, 3.05) is 12.4 Å². The number of nitro benzene ring substituents is 1. The monoisotopic (exact) mass is 466 g/mol. The molecule has 0 saturated heterocycles. The molecule has 34 heavy (non-hydrogen) atoms. The van der Waals surface area contributed by atoms with Gasteiger partial charge in [-0.15, -0.1) is 0 Å². The maximum Gasteiger partial charge on any atom is 0.380 e. The van der Waals surface area contributed by atoms with Crippen molar-refractivity contribution in [2.24, 2.45) is 0 Å². The molecule has 1 unspecified atom stereocenters. The van der Waals surface area contributed by atoms with Gasteiger partial charge in [0.25, 0.3) is 17.4 Å². The first-order valence-electron chi connectivity index (χ1n) is 10.1. The number of methoxy groups -OCH3 is 1. The molecule has 0 aliphatic carbocycles. The van der Waals surface area contributed by atoms with Crippen molar-refractivity contribution in [1.29, 1.82) is 0 Å². The van der Waals surface area contributed by atoms with Gasteiger partial charge in [-0.1, -0.05) is 18.2 Å². The van der Waals surface area contributed by atoms with Crippen LogP contribution in [-0.2, 0) is 14.3 Å². The minimum absolute atomic E-state index is 0.0201. The number of hydrogen-bond acceptors (Lipinski definition) is 8. The topological polar surface area (TPSA) is 143 Å². The largest absolute Gasteiger partial charge is 0.495 e. The number of esters is 1. The lowest BCUT2D eigenvalue weighted by Crippen LogP contribution is -2.33. The molecule has 0 saturated carbocycles. The molecule has 3 rings (SSSR count). The first-order valence-corrected chi connectivity index (χ1v) is 10.1. The summed E-state index contributed by atoms with van der Waals surface area (Å²) in [4.78, 5) is 48.3. The van der Waals surface area contributed by atoms with Crippen molar-refractivity contribution in [1.82, 2.24) is 9.78 Å². The zero-order valence-electron chi connectivity index (χ0n) is 18.9. The van der Waals surface area contributed by atoms with Gasteiger partial charge < -0.3 is 14.8 Å². The Balaban J connectivity index is 1.74. The Morgan fingerprint density at radius 2 is 1.79 bits per heavy atom. The van der Waals surface area contributed by atoms with Crippen LogP contribution in [0, 0.1) is 24.0 Å². The molecule has 2 aromatic carbocycles. The molecule has 11 heteroatoms. The summed E-state index contributed by atoms with van der Waals surface area (Å²) >= 11 is 0. The molecule has 1 amide bonds. The number of carbonyl (C=O) groups is 3. The van der Waals surface area contributed by atoms with Crippen LogP contribution in [0.4, 0.5) is 11.4 Å². The molecular formula is C23H22N4O7. The van der Waals surface area contributed by atoms with E-state index in [1.165, 1.54) is 26.2 Å². The molecule has 1 aromatic heterocycles. The highest BCUT2D eigenvalue weighted by Gasteiger charge is 2.29. The molecule has 0 bridgehead atoms. The number of nitrogens with one attached hydrogen (secondary N) is 1. The van der Waals surface area contributed by atoms with E-state index in [1.54, 1.807) is 30.7 Å². The summed E-state index contributed by atoms with van der Waals surface area (Å²) < 4.78 is 11.7. The average Bonchev–Trinajstić information content (AvgIpc) is 3.12. The van der Waals surface area contributed by atoms with Crippen molar-refractivity contribution >= 4 is 29.0 Å². The fourth-order valence-electron chi connectivity index (χ4n) is 3.30. The van der Waals surface area contributed by atoms with E-state index in [9.17, 15) is 24.5 Å². The van der Waals surface area contributed by atoms with Gasteiger partial charge in [0.1, 0.15) is 5.75 Å². The lowest BCUT2D eigenvalue weighted by molar-refractivity contribution is -0.384. The maximum absolute atomic E-state index is 12.8. The van der Waals surface area contributed by atoms with Crippen molar-refractivity contribution in [2.45, 2.75) is 26.9 Å². The Labute approximate surface area is 194 Å². The van der Waals surface area contributed by atoms with E-state index in [1.807, 2.05) is 18.2 Å². The molecule has 0 fully saturated rings. The third-order valence-corrected chi connectivity index (χ3v) is 5.01. The number of anilines is 1. The van der Waals surface area contributed by atoms with E-state index in [-0.39, 0.29) is 22.7 Å². The molecule has 0 aliphatic rings. The normalized spacial score (nSPS) is 11.4. The van der Waals surface area contributed by atoms with Crippen LogP contribution in [0.15, 0.2) is 48.5 Å². The zero-order valence-corrected chi connectivity index (χ0v) is 18.9. The minimum atomic E-state index is -1.37. The number of nitrogens with zero attached hydrogens (tertiary/aromatic N) is 3. The molecule has 176 valence electrons. The number of nitro groups is 1. The van der Waals surface area contributed by atoms with Crippen LogP contribution in [0.3, 0.4) is 0 Å². The molecule has 0 aliphatic heterocycles. The molecule has 11 nitrogen and oxygen atoms in total. The van der Waals surface area contributed by atoms with E-state index >= 15 is 0 Å².